The molecule has 0 aliphatic carbocycles. The molecule has 2 nitrogen and oxygen atoms in total. The van der Waals surface area contributed by atoms with E-state index in [1.54, 1.807) is 31.2 Å². The maximum atomic E-state index is 9.53. The summed E-state index contributed by atoms with van der Waals surface area (Å²) < 4.78 is 5.23. The van der Waals surface area contributed by atoms with Crippen molar-refractivity contribution in [2.75, 3.05) is 6.16 Å². The monoisotopic (exact) mass is 236 g/mol. The van der Waals surface area contributed by atoms with Crippen molar-refractivity contribution in [1.82, 2.24) is 0 Å². The lowest BCUT2D eigenvalue weighted by Gasteiger charge is -2.14. The van der Waals surface area contributed by atoms with E-state index in [-0.39, 0.29) is 0 Å². The van der Waals surface area contributed by atoms with Gasteiger partial charge in [-0.25, -0.2) is 0 Å². The summed E-state index contributed by atoms with van der Waals surface area (Å²) in [7, 11) is 0. The van der Waals surface area contributed by atoms with E-state index in [0.717, 1.165) is 0 Å². The van der Waals surface area contributed by atoms with E-state index in [2.05, 4.69) is 0 Å². The molecule has 1 aromatic rings. The average Bonchev–Trinajstić information content (AvgIpc) is 2.03. The van der Waals surface area contributed by atoms with Gasteiger partial charge in [0.15, 0.2) is 0 Å². The van der Waals surface area contributed by atoms with Gasteiger partial charge in [-0.15, -0.1) is 0 Å². The van der Waals surface area contributed by atoms with Crippen LogP contribution in [0.15, 0.2) is 24.3 Å². The van der Waals surface area contributed by atoms with Crippen LogP contribution in [0.3, 0.4) is 0 Å². The molecule has 13 heavy (non-hydrogen) atoms. The van der Waals surface area contributed by atoms with Gasteiger partial charge in [0.25, 0.3) is 0 Å². The van der Waals surface area contributed by atoms with Crippen LogP contribution in [-0.2, 0) is 11.8 Å². The Hall–Kier alpha value is -0.0800. The van der Waals surface area contributed by atoms with E-state index in [9.17, 15) is 4.89 Å². The third kappa shape index (κ3) is 3.65. The highest BCUT2D eigenvalue weighted by Crippen LogP contribution is 2.42. The first-order valence-corrected chi connectivity index (χ1v) is 7.04. The Morgan fingerprint density at radius 1 is 1.62 bits per heavy atom. The van der Waals surface area contributed by atoms with E-state index in [1.807, 2.05) is 0 Å². The standard InChI is InChI=1S/C8H10ClO2PS/c1-2-12(10,13)11-8-5-3-4-7(9)6-8/h3-6H,2H2,1H3,(H,10,13). The van der Waals surface area contributed by atoms with E-state index < -0.39 is 6.49 Å². The highest BCUT2D eigenvalue weighted by molar-refractivity contribution is 8.09. The summed E-state index contributed by atoms with van der Waals surface area (Å²) in [6.07, 6.45) is 0.453. The van der Waals surface area contributed by atoms with Gasteiger partial charge in [-0.2, -0.15) is 0 Å². The third-order valence-electron chi connectivity index (χ3n) is 1.44. The molecule has 1 atom stereocenters. The molecule has 0 spiro atoms. The van der Waals surface area contributed by atoms with Gasteiger partial charge in [-0.05, 0) is 30.0 Å². The fraction of sp³-hybridized carbons (Fsp3) is 0.250. The van der Waals surface area contributed by atoms with Crippen LogP contribution < -0.4 is 4.52 Å². The van der Waals surface area contributed by atoms with Gasteiger partial charge in [0.2, 0.25) is 6.49 Å². The molecule has 0 radical (unpaired) electrons. The van der Waals surface area contributed by atoms with Crippen LogP contribution in [0.2, 0.25) is 5.02 Å². The van der Waals surface area contributed by atoms with Crippen LogP contribution in [0.5, 0.6) is 5.75 Å². The first-order chi connectivity index (χ1) is 6.03. The predicted molar refractivity (Wildman–Crippen MR) is 59.1 cm³/mol. The van der Waals surface area contributed by atoms with Gasteiger partial charge >= 0.3 is 0 Å². The van der Waals surface area contributed by atoms with Gasteiger partial charge < -0.3 is 9.42 Å². The maximum Gasteiger partial charge on any atom is 0.235 e. The van der Waals surface area contributed by atoms with Crippen LogP contribution in [0.25, 0.3) is 0 Å². The Labute approximate surface area is 87.7 Å². The molecule has 0 aliphatic heterocycles. The van der Waals surface area contributed by atoms with Crippen molar-refractivity contribution >= 4 is 29.9 Å². The highest BCUT2D eigenvalue weighted by atomic mass is 35.5. The molecule has 0 amide bonds. The molecule has 0 aromatic heterocycles. The summed E-state index contributed by atoms with van der Waals surface area (Å²) in [5.41, 5.74) is 0. The first-order valence-electron chi connectivity index (χ1n) is 3.80. The fourth-order valence-corrected chi connectivity index (χ4v) is 1.76. The Morgan fingerprint density at radius 2 is 2.31 bits per heavy atom. The second-order valence-corrected chi connectivity index (χ2v) is 6.74. The molecule has 1 N–H and O–H groups in total. The van der Waals surface area contributed by atoms with Crippen LogP contribution in [0, 0.1) is 0 Å². The molecule has 72 valence electrons. The van der Waals surface area contributed by atoms with Crippen LogP contribution in [0.1, 0.15) is 6.92 Å². The zero-order chi connectivity index (χ0) is 9.90. The van der Waals surface area contributed by atoms with E-state index in [0.29, 0.717) is 16.9 Å². The van der Waals surface area contributed by atoms with Crippen molar-refractivity contribution < 1.29 is 9.42 Å². The zero-order valence-corrected chi connectivity index (χ0v) is 9.57. The number of hydrogen-bond acceptors (Lipinski definition) is 2. The van der Waals surface area contributed by atoms with E-state index in [1.165, 1.54) is 0 Å². The van der Waals surface area contributed by atoms with Gasteiger partial charge in [-0.1, -0.05) is 24.6 Å². The first kappa shape index (κ1) is 11.0. The molecule has 1 aromatic carbocycles. The van der Waals surface area contributed by atoms with Crippen molar-refractivity contribution in [3.05, 3.63) is 29.3 Å². The third-order valence-corrected chi connectivity index (χ3v) is 3.97. The van der Waals surface area contributed by atoms with Crippen LogP contribution in [-0.4, -0.2) is 11.1 Å². The number of halogens is 1. The molecule has 0 heterocycles. The molecule has 1 rings (SSSR count). The van der Waals surface area contributed by atoms with E-state index in [4.69, 9.17) is 27.9 Å². The summed E-state index contributed by atoms with van der Waals surface area (Å²) in [5, 5.41) is 0.573. The van der Waals surface area contributed by atoms with Gasteiger partial charge in [0.1, 0.15) is 5.75 Å². The molecule has 0 saturated heterocycles. The topological polar surface area (TPSA) is 29.5 Å². The summed E-state index contributed by atoms with van der Waals surface area (Å²) in [5.74, 6) is 0.528. The van der Waals surface area contributed by atoms with Crippen molar-refractivity contribution in [3.63, 3.8) is 0 Å². The minimum Gasteiger partial charge on any atom is -0.444 e. The Morgan fingerprint density at radius 3 is 2.85 bits per heavy atom. The molecular formula is C8H10ClO2PS. The lowest BCUT2D eigenvalue weighted by molar-refractivity contribution is 0.484. The van der Waals surface area contributed by atoms with Gasteiger partial charge in [0.05, 0.1) is 0 Å². The Bertz CT molecular complexity index is 343. The number of rotatable bonds is 3. The number of benzene rings is 1. The summed E-state index contributed by atoms with van der Waals surface area (Å²) in [6, 6.07) is 6.84. The minimum atomic E-state index is -2.64. The Kier molecular flexibility index (Phi) is 3.74. The minimum absolute atomic E-state index is 0.453. The lowest BCUT2D eigenvalue weighted by atomic mass is 10.3. The maximum absolute atomic E-state index is 9.53. The highest BCUT2D eigenvalue weighted by Gasteiger charge is 2.11. The summed E-state index contributed by atoms with van der Waals surface area (Å²) >= 11 is 10.6. The van der Waals surface area contributed by atoms with Crippen molar-refractivity contribution in [2.24, 2.45) is 0 Å². The van der Waals surface area contributed by atoms with Crippen LogP contribution in [0.4, 0.5) is 0 Å². The second-order valence-electron chi connectivity index (χ2n) is 2.50. The normalized spacial score (nSPS) is 15.0. The van der Waals surface area contributed by atoms with Crippen LogP contribution >= 0.6 is 18.1 Å². The molecule has 0 aliphatic rings. The summed E-state index contributed by atoms with van der Waals surface area (Å²) in [4.78, 5) is 9.53. The fourth-order valence-electron chi connectivity index (χ4n) is 0.753. The Balaban J connectivity index is 2.81. The molecule has 0 saturated carbocycles. The average molecular weight is 237 g/mol. The molecular weight excluding hydrogens is 227 g/mol. The van der Waals surface area contributed by atoms with Crippen molar-refractivity contribution in [2.45, 2.75) is 6.92 Å². The van der Waals surface area contributed by atoms with E-state index >= 15 is 0 Å². The predicted octanol–water partition coefficient (Wildman–Crippen LogP) is 3.04. The second kappa shape index (κ2) is 4.43. The van der Waals surface area contributed by atoms with Crippen molar-refractivity contribution in [3.8, 4) is 5.75 Å². The van der Waals surface area contributed by atoms with Crippen molar-refractivity contribution in [1.29, 1.82) is 0 Å². The largest absolute Gasteiger partial charge is 0.444 e. The van der Waals surface area contributed by atoms with Gasteiger partial charge in [0, 0.05) is 11.2 Å². The number of hydrogen-bond donors (Lipinski definition) is 1. The summed E-state index contributed by atoms with van der Waals surface area (Å²) in [6.45, 7) is -0.844. The zero-order valence-electron chi connectivity index (χ0n) is 7.11. The molecule has 5 heteroatoms. The quantitative estimate of drug-likeness (QED) is 0.818. The molecule has 0 fully saturated rings. The SMILES string of the molecule is CCP(O)(=S)Oc1cccc(Cl)c1. The molecule has 0 bridgehead atoms. The smallest absolute Gasteiger partial charge is 0.235 e. The van der Waals surface area contributed by atoms with Gasteiger partial charge in [-0.3, -0.25) is 0 Å². The molecule has 1 unspecified atom stereocenters. The lowest BCUT2D eigenvalue weighted by Crippen LogP contribution is -1.93.